The number of carbonyl (C=O) groups excluding carboxylic acids is 1. The van der Waals surface area contributed by atoms with Crippen LogP contribution in [0.15, 0.2) is 4.52 Å². The van der Waals surface area contributed by atoms with E-state index in [-0.39, 0.29) is 18.3 Å². The highest BCUT2D eigenvalue weighted by molar-refractivity contribution is 5.85. The summed E-state index contributed by atoms with van der Waals surface area (Å²) in [7, 11) is 0. The second kappa shape index (κ2) is 6.02. The molecule has 6 heteroatoms. The lowest BCUT2D eigenvalue weighted by atomic mass is 9.92. The van der Waals surface area contributed by atoms with Crippen molar-refractivity contribution in [2.75, 3.05) is 6.54 Å². The molecular weight excluding hydrogens is 242 g/mol. The smallest absolute Gasteiger partial charge is 0.227 e. The zero-order valence-electron chi connectivity index (χ0n) is 10.7. The Hall–Kier alpha value is -1.07. The SMILES string of the molecule is Cc1noc(C)c1CNC(=O)C(C)(C)CN.Cl. The third-order valence-corrected chi connectivity index (χ3v) is 2.73. The van der Waals surface area contributed by atoms with Crippen molar-refractivity contribution in [3.63, 3.8) is 0 Å². The van der Waals surface area contributed by atoms with Crippen LogP contribution in [-0.4, -0.2) is 17.6 Å². The van der Waals surface area contributed by atoms with E-state index in [0.29, 0.717) is 13.1 Å². The van der Waals surface area contributed by atoms with Gasteiger partial charge in [-0.05, 0) is 27.7 Å². The number of hydrogen-bond donors (Lipinski definition) is 2. The van der Waals surface area contributed by atoms with E-state index >= 15 is 0 Å². The average molecular weight is 262 g/mol. The number of hydrogen-bond acceptors (Lipinski definition) is 4. The molecule has 3 N–H and O–H groups in total. The second-order valence-electron chi connectivity index (χ2n) is 4.57. The van der Waals surface area contributed by atoms with E-state index in [1.165, 1.54) is 0 Å². The number of nitrogens with two attached hydrogens (primary N) is 1. The summed E-state index contributed by atoms with van der Waals surface area (Å²) >= 11 is 0. The fraction of sp³-hybridized carbons (Fsp3) is 0.636. The maximum atomic E-state index is 11.8. The van der Waals surface area contributed by atoms with E-state index in [2.05, 4.69) is 10.5 Å². The van der Waals surface area contributed by atoms with Gasteiger partial charge in [0.2, 0.25) is 5.91 Å². The van der Waals surface area contributed by atoms with Gasteiger partial charge in [-0.25, -0.2) is 0 Å². The molecule has 1 aromatic heterocycles. The largest absolute Gasteiger partial charge is 0.361 e. The van der Waals surface area contributed by atoms with Crippen molar-refractivity contribution in [3.8, 4) is 0 Å². The number of amides is 1. The van der Waals surface area contributed by atoms with E-state index in [1.54, 1.807) is 0 Å². The molecule has 0 unspecified atom stereocenters. The van der Waals surface area contributed by atoms with Gasteiger partial charge in [0.15, 0.2) is 0 Å². The van der Waals surface area contributed by atoms with Gasteiger partial charge in [0.25, 0.3) is 0 Å². The van der Waals surface area contributed by atoms with Crippen LogP contribution < -0.4 is 11.1 Å². The van der Waals surface area contributed by atoms with Gasteiger partial charge in [0.1, 0.15) is 5.76 Å². The summed E-state index contributed by atoms with van der Waals surface area (Å²) in [6.07, 6.45) is 0. The lowest BCUT2D eigenvalue weighted by molar-refractivity contribution is -0.129. The molecule has 0 fully saturated rings. The fourth-order valence-corrected chi connectivity index (χ4v) is 1.25. The second-order valence-corrected chi connectivity index (χ2v) is 4.57. The standard InChI is InChI=1S/C11H19N3O2.ClH/c1-7-9(8(2)16-14-7)5-13-10(15)11(3,4)6-12;/h5-6,12H2,1-4H3,(H,13,15);1H. The quantitative estimate of drug-likeness (QED) is 0.856. The van der Waals surface area contributed by atoms with Crippen LogP contribution in [0.4, 0.5) is 0 Å². The van der Waals surface area contributed by atoms with Gasteiger partial charge in [-0.3, -0.25) is 4.79 Å². The van der Waals surface area contributed by atoms with E-state index in [0.717, 1.165) is 17.0 Å². The monoisotopic (exact) mass is 261 g/mol. The molecule has 5 nitrogen and oxygen atoms in total. The summed E-state index contributed by atoms with van der Waals surface area (Å²) in [5.41, 5.74) is 6.72. The molecule has 98 valence electrons. The highest BCUT2D eigenvalue weighted by Crippen LogP contribution is 2.15. The Morgan fingerprint density at radius 2 is 2.06 bits per heavy atom. The summed E-state index contributed by atoms with van der Waals surface area (Å²) in [6.45, 7) is 8.07. The first-order chi connectivity index (χ1) is 7.38. The fourth-order valence-electron chi connectivity index (χ4n) is 1.25. The Morgan fingerprint density at radius 1 is 1.47 bits per heavy atom. The first-order valence-electron chi connectivity index (χ1n) is 5.28. The molecule has 1 rings (SSSR count). The van der Waals surface area contributed by atoms with Gasteiger partial charge >= 0.3 is 0 Å². The van der Waals surface area contributed by atoms with Gasteiger partial charge in [-0.1, -0.05) is 5.16 Å². The topological polar surface area (TPSA) is 81.2 Å². The van der Waals surface area contributed by atoms with Crippen LogP contribution in [0.5, 0.6) is 0 Å². The third kappa shape index (κ3) is 3.71. The van der Waals surface area contributed by atoms with E-state index in [9.17, 15) is 4.79 Å². The van der Waals surface area contributed by atoms with E-state index in [4.69, 9.17) is 10.3 Å². The summed E-state index contributed by atoms with van der Waals surface area (Å²) in [6, 6.07) is 0. The number of aryl methyl sites for hydroxylation is 2. The molecule has 17 heavy (non-hydrogen) atoms. The Balaban J connectivity index is 0.00000256. The lowest BCUT2D eigenvalue weighted by Crippen LogP contribution is -2.41. The molecule has 0 atom stereocenters. The number of rotatable bonds is 4. The first kappa shape index (κ1) is 15.9. The molecule has 0 bridgehead atoms. The minimum atomic E-state index is -0.543. The minimum absolute atomic E-state index is 0. The molecule has 0 aliphatic carbocycles. The Labute approximate surface area is 108 Å². The van der Waals surface area contributed by atoms with E-state index in [1.807, 2.05) is 27.7 Å². The average Bonchev–Trinajstić information content (AvgIpc) is 2.55. The predicted octanol–water partition coefficient (Wildman–Crippen LogP) is 1.31. The zero-order valence-corrected chi connectivity index (χ0v) is 11.5. The molecule has 1 amide bonds. The summed E-state index contributed by atoms with van der Waals surface area (Å²) in [4.78, 5) is 11.8. The Bertz CT molecular complexity index is 369. The molecule has 0 saturated carbocycles. The van der Waals surface area contributed by atoms with Crippen LogP contribution in [0, 0.1) is 19.3 Å². The molecule has 0 aliphatic heterocycles. The van der Waals surface area contributed by atoms with Crippen LogP contribution >= 0.6 is 12.4 Å². The molecule has 0 aliphatic rings. The molecule has 1 aromatic rings. The first-order valence-corrected chi connectivity index (χ1v) is 5.28. The number of carbonyl (C=O) groups is 1. The molecule has 1 heterocycles. The van der Waals surface area contributed by atoms with Crippen LogP contribution in [0.2, 0.25) is 0 Å². The number of nitrogens with one attached hydrogen (secondary N) is 1. The van der Waals surface area contributed by atoms with Crippen LogP contribution in [-0.2, 0) is 11.3 Å². The highest BCUT2D eigenvalue weighted by atomic mass is 35.5. The van der Waals surface area contributed by atoms with E-state index < -0.39 is 5.41 Å². The molecule has 0 saturated heterocycles. The normalized spacial score (nSPS) is 10.9. The lowest BCUT2D eigenvalue weighted by Gasteiger charge is -2.21. The molecular formula is C11H20ClN3O2. The summed E-state index contributed by atoms with van der Waals surface area (Å²) < 4.78 is 5.01. The number of aromatic nitrogens is 1. The maximum absolute atomic E-state index is 11.8. The van der Waals surface area contributed by atoms with Crippen molar-refractivity contribution < 1.29 is 9.32 Å². The van der Waals surface area contributed by atoms with Crippen molar-refractivity contribution in [1.29, 1.82) is 0 Å². The third-order valence-electron chi connectivity index (χ3n) is 2.73. The van der Waals surface area contributed by atoms with Gasteiger partial charge in [0, 0.05) is 18.7 Å². The van der Waals surface area contributed by atoms with Crippen LogP contribution in [0.1, 0.15) is 30.9 Å². The van der Waals surface area contributed by atoms with Gasteiger partial charge < -0.3 is 15.6 Å². The molecule has 0 aromatic carbocycles. The minimum Gasteiger partial charge on any atom is -0.361 e. The van der Waals surface area contributed by atoms with Crippen molar-refractivity contribution in [1.82, 2.24) is 10.5 Å². The predicted molar refractivity (Wildman–Crippen MR) is 67.9 cm³/mol. The Kier molecular flexibility index (Phi) is 5.64. The summed E-state index contributed by atoms with van der Waals surface area (Å²) in [5, 5.41) is 6.66. The van der Waals surface area contributed by atoms with Crippen molar-refractivity contribution in [3.05, 3.63) is 17.0 Å². The highest BCUT2D eigenvalue weighted by Gasteiger charge is 2.25. The molecule has 0 radical (unpaired) electrons. The van der Waals surface area contributed by atoms with Crippen LogP contribution in [0.3, 0.4) is 0 Å². The zero-order chi connectivity index (χ0) is 12.3. The number of nitrogens with zero attached hydrogens (tertiary/aromatic N) is 1. The van der Waals surface area contributed by atoms with Gasteiger partial charge in [0.05, 0.1) is 11.1 Å². The van der Waals surface area contributed by atoms with Gasteiger partial charge in [-0.15, -0.1) is 12.4 Å². The van der Waals surface area contributed by atoms with Crippen LogP contribution in [0.25, 0.3) is 0 Å². The van der Waals surface area contributed by atoms with Crippen molar-refractivity contribution in [2.45, 2.75) is 34.2 Å². The summed E-state index contributed by atoms with van der Waals surface area (Å²) in [5.74, 6) is 0.679. The van der Waals surface area contributed by atoms with Crippen molar-refractivity contribution >= 4 is 18.3 Å². The Morgan fingerprint density at radius 3 is 2.47 bits per heavy atom. The van der Waals surface area contributed by atoms with Gasteiger partial charge in [-0.2, -0.15) is 0 Å². The van der Waals surface area contributed by atoms with Crippen molar-refractivity contribution in [2.24, 2.45) is 11.1 Å². The number of halogens is 1. The maximum Gasteiger partial charge on any atom is 0.227 e. The molecule has 0 spiro atoms.